The van der Waals surface area contributed by atoms with E-state index in [-0.39, 0.29) is 12.1 Å². The number of benzene rings is 2. The van der Waals surface area contributed by atoms with Crippen molar-refractivity contribution in [2.75, 3.05) is 7.11 Å². The standard InChI is InChI=1S/C23H18ClN3O4/c1-31-20-10-9-18(26-22(20)15-6-4-5-14(11-15)13-25)23(30)27-19(12-21(28)29)16-7-2-3-8-17(16)24/h2-11,19H,12H2,1H3,(H,27,30)(H,28,29). The average Bonchev–Trinajstić information content (AvgIpc) is 2.78. The summed E-state index contributed by atoms with van der Waals surface area (Å²) >= 11 is 6.20. The summed E-state index contributed by atoms with van der Waals surface area (Å²) in [6.07, 6.45) is -0.345. The van der Waals surface area contributed by atoms with Gasteiger partial charge in [0.15, 0.2) is 0 Å². The number of carboxylic acids is 1. The number of rotatable bonds is 7. The van der Waals surface area contributed by atoms with Crippen molar-refractivity contribution in [3.63, 3.8) is 0 Å². The molecule has 1 aromatic heterocycles. The maximum atomic E-state index is 12.9. The number of amides is 1. The normalized spacial score (nSPS) is 11.3. The summed E-state index contributed by atoms with van der Waals surface area (Å²) in [7, 11) is 1.48. The molecule has 0 aliphatic rings. The van der Waals surface area contributed by atoms with Crippen LogP contribution in [0.3, 0.4) is 0 Å². The van der Waals surface area contributed by atoms with Gasteiger partial charge in [-0.1, -0.05) is 41.9 Å². The number of halogens is 1. The van der Waals surface area contributed by atoms with Crippen LogP contribution < -0.4 is 10.1 Å². The molecule has 0 fully saturated rings. The first-order valence-electron chi connectivity index (χ1n) is 9.25. The summed E-state index contributed by atoms with van der Waals surface area (Å²) in [5.41, 5.74) is 2.01. The van der Waals surface area contributed by atoms with Crippen molar-refractivity contribution in [1.82, 2.24) is 10.3 Å². The van der Waals surface area contributed by atoms with Crippen LogP contribution in [0.1, 0.15) is 34.1 Å². The third-order valence-electron chi connectivity index (χ3n) is 4.54. The molecule has 0 aliphatic carbocycles. The minimum Gasteiger partial charge on any atom is -0.494 e. The van der Waals surface area contributed by atoms with Crippen LogP contribution in [0.2, 0.25) is 5.02 Å². The van der Waals surface area contributed by atoms with Crippen LogP contribution in [0.4, 0.5) is 0 Å². The number of nitrogens with one attached hydrogen (secondary N) is 1. The minimum absolute atomic E-state index is 0.0700. The van der Waals surface area contributed by atoms with Crippen LogP contribution >= 0.6 is 11.6 Å². The zero-order valence-corrected chi connectivity index (χ0v) is 17.3. The molecule has 0 aliphatic heterocycles. The molecule has 31 heavy (non-hydrogen) atoms. The van der Waals surface area contributed by atoms with E-state index in [2.05, 4.69) is 16.4 Å². The van der Waals surface area contributed by atoms with Gasteiger partial charge in [0, 0.05) is 10.6 Å². The van der Waals surface area contributed by atoms with Gasteiger partial charge in [-0.05, 0) is 35.9 Å². The Kier molecular flexibility index (Phi) is 6.85. The minimum atomic E-state index is -1.08. The first-order chi connectivity index (χ1) is 14.9. The topological polar surface area (TPSA) is 112 Å². The predicted molar refractivity (Wildman–Crippen MR) is 115 cm³/mol. The molecule has 156 valence electrons. The van der Waals surface area contributed by atoms with Crippen LogP contribution in [0.5, 0.6) is 5.75 Å². The van der Waals surface area contributed by atoms with Crippen molar-refractivity contribution in [3.05, 3.63) is 82.5 Å². The number of nitriles is 1. The summed E-state index contributed by atoms with van der Waals surface area (Å²) < 4.78 is 5.35. The van der Waals surface area contributed by atoms with Crippen molar-refractivity contribution in [3.8, 4) is 23.1 Å². The molecule has 3 aromatic rings. The van der Waals surface area contributed by atoms with Crippen molar-refractivity contribution >= 4 is 23.5 Å². The molecule has 0 saturated heterocycles. The Morgan fingerprint density at radius 1 is 1.19 bits per heavy atom. The lowest BCUT2D eigenvalue weighted by Gasteiger charge is -2.19. The van der Waals surface area contributed by atoms with Crippen LogP contribution in [-0.2, 0) is 4.79 Å². The van der Waals surface area contributed by atoms with Gasteiger partial charge < -0.3 is 15.2 Å². The third kappa shape index (κ3) is 5.18. The van der Waals surface area contributed by atoms with E-state index in [9.17, 15) is 14.7 Å². The second-order valence-corrected chi connectivity index (χ2v) is 6.99. The number of aliphatic carboxylic acids is 1. The van der Waals surface area contributed by atoms with Crippen LogP contribution in [0, 0.1) is 11.3 Å². The molecule has 0 spiro atoms. The number of carbonyl (C=O) groups is 2. The number of aromatic nitrogens is 1. The van der Waals surface area contributed by atoms with E-state index in [4.69, 9.17) is 21.6 Å². The molecule has 3 rings (SSSR count). The predicted octanol–water partition coefficient (Wildman–Crippen LogP) is 4.23. The van der Waals surface area contributed by atoms with E-state index in [0.29, 0.717) is 33.2 Å². The fraction of sp³-hybridized carbons (Fsp3) is 0.130. The zero-order valence-electron chi connectivity index (χ0n) is 16.5. The van der Waals surface area contributed by atoms with Crippen molar-refractivity contribution in [2.24, 2.45) is 0 Å². The summed E-state index contributed by atoms with van der Waals surface area (Å²) in [5.74, 6) is -1.21. The van der Waals surface area contributed by atoms with E-state index >= 15 is 0 Å². The summed E-state index contributed by atoms with van der Waals surface area (Å²) in [6, 6.07) is 17.8. The van der Waals surface area contributed by atoms with E-state index in [0.717, 1.165) is 0 Å². The van der Waals surface area contributed by atoms with Gasteiger partial charge in [-0.25, -0.2) is 4.98 Å². The Hall–Kier alpha value is -3.89. The fourth-order valence-electron chi connectivity index (χ4n) is 3.08. The molecule has 1 heterocycles. The Labute approximate surface area is 183 Å². The Bertz CT molecular complexity index is 1170. The molecule has 2 N–H and O–H groups in total. The van der Waals surface area contributed by atoms with Gasteiger partial charge in [-0.3, -0.25) is 9.59 Å². The van der Waals surface area contributed by atoms with Crippen molar-refractivity contribution in [1.29, 1.82) is 5.26 Å². The van der Waals surface area contributed by atoms with E-state index in [1.165, 1.54) is 13.2 Å². The molecular weight excluding hydrogens is 418 g/mol. The van der Waals surface area contributed by atoms with E-state index in [1.807, 2.05) is 0 Å². The molecule has 0 bridgehead atoms. The van der Waals surface area contributed by atoms with Crippen molar-refractivity contribution < 1.29 is 19.4 Å². The van der Waals surface area contributed by atoms with E-state index < -0.39 is 17.9 Å². The number of methoxy groups -OCH3 is 1. The number of carbonyl (C=O) groups excluding carboxylic acids is 1. The molecule has 8 heteroatoms. The molecule has 0 saturated carbocycles. The lowest BCUT2D eigenvalue weighted by molar-refractivity contribution is -0.137. The Morgan fingerprint density at radius 2 is 1.97 bits per heavy atom. The molecule has 0 radical (unpaired) electrons. The monoisotopic (exact) mass is 435 g/mol. The Morgan fingerprint density at radius 3 is 2.65 bits per heavy atom. The maximum Gasteiger partial charge on any atom is 0.305 e. The molecular formula is C23H18ClN3O4. The molecule has 7 nitrogen and oxygen atoms in total. The smallest absolute Gasteiger partial charge is 0.305 e. The first-order valence-corrected chi connectivity index (χ1v) is 9.63. The van der Waals surface area contributed by atoms with Gasteiger partial charge in [-0.15, -0.1) is 0 Å². The molecule has 1 unspecified atom stereocenters. The highest BCUT2D eigenvalue weighted by molar-refractivity contribution is 6.31. The highest BCUT2D eigenvalue weighted by atomic mass is 35.5. The second-order valence-electron chi connectivity index (χ2n) is 6.59. The lowest BCUT2D eigenvalue weighted by atomic mass is 10.0. The quantitative estimate of drug-likeness (QED) is 0.574. The summed E-state index contributed by atoms with van der Waals surface area (Å²) in [5, 5.41) is 21.5. The number of carboxylic acid groups (broad SMARTS) is 1. The zero-order chi connectivity index (χ0) is 22.4. The van der Waals surface area contributed by atoms with Gasteiger partial charge in [0.05, 0.1) is 31.2 Å². The Balaban J connectivity index is 1.96. The van der Waals surface area contributed by atoms with Gasteiger partial charge in [0.25, 0.3) is 5.91 Å². The number of ether oxygens (including phenoxy) is 1. The SMILES string of the molecule is COc1ccc(C(=O)NC(CC(=O)O)c2ccccc2Cl)nc1-c1cccc(C#N)c1. The lowest BCUT2D eigenvalue weighted by Crippen LogP contribution is -2.31. The number of hydrogen-bond acceptors (Lipinski definition) is 5. The second kappa shape index (κ2) is 9.74. The van der Waals surface area contributed by atoms with Gasteiger partial charge in [-0.2, -0.15) is 5.26 Å². The fourth-order valence-corrected chi connectivity index (χ4v) is 3.35. The van der Waals surface area contributed by atoms with E-state index in [1.54, 1.807) is 54.6 Å². The third-order valence-corrected chi connectivity index (χ3v) is 4.88. The molecule has 1 atom stereocenters. The van der Waals surface area contributed by atoms with Gasteiger partial charge in [0.2, 0.25) is 0 Å². The van der Waals surface area contributed by atoms with Crippen LogP contribution in [0.25, 0.3) is 11.3 Å². The van der Waals surface area contributed by atoms with Crippen LogP contribution in [0.15, 0.2) is 60.7 Å². The number of nitrogens with zero attached hydrogens (tertiary/aromatic N) is 2. The first kappa shape index (κ1) is 21.8. The van der Waals surface area contributed by atoms with Gasteiger partial charge in [0.1, 0.15) is 17.1 Å². The highest BCUT2D eigenvalue weighted by Crippen LogP contribution is 2.29. The molecule has 2 aromatic carbocycles. The summed E-state index contributed by atoms with van der Waals surface area (Å²) in [4.78, 5) is 28.7. The average molecular weight is 436 g/mol. The summed E-state index contributed by atoms with van der Waals surface area (Å²) in [6.45, 7) is 0. The highest BCUT2D eigenvalue weighted by Gasteiger charge is 2.22. The van der Waals surface area contributed by atoms with Gasteiger partial charge >= 0.3 is 5.97 Å². The molecule has 1 amide bonds. The van der Waals surface area contributed by atoms with Crippen LogP contribution in [-0.4, -0.2) is 29.1 Å². The number of hydrogen-bond donors (Lipinski definition) is 2. The number of pyridine rings is 1. The largest absolute Gasteiger partial charge is 0.494 e. The maximum absolute atomic E-state index is 12.9. The van der Waals surface area contributed by atoms with Crippen molar-refractivity contribution in [2.45, 2.75) is 12.5 Å².